The van der Waals surface area contributed by atoms with Gasteiger partial charge in [0.1, 0.15) is 19.8 Å². The number of halogens is 4. The highest BCUT2D eigenvalue weighted by Crippen LogP contribution is 2.64. The zero-order valence-electron chi connectivity index (χ0n) is 8.34. The average Bonchev–Trinajstić information content (AvgIpc) is 2.87. The molecule has 0 N–H and O–H groups in total. The smallest absolute Gasteiger partial charge is 0.199 e. The van der Waals surface area contributed by atoms with E-state index in [1.807, 2.05) is 12.2 Å². The summed E-state index contributed by atoms with van der Waals surface area (Å²) in [6.45, 7) is 0. The number of fused-ring (bicyclic) bond motifs is 5. The second-order valence-corrected chi connectivity index (χ2v) is 6.49. The molecule has 2 bridgehead atoms. The van der Waals surface area contributed by atoms with Crippen LogP contribution in [0.15, 0.2) is 22.2 Å². The standard InChI is InChI=1S/C11H6Cl4O2/c12-6-7(13)9(17)11(15)5-2-1-4(3-5)10(11,14)8(6)16/h1-2,4-5H,3H2/t4-,5+,10-,11+. The summed E-state index contributed by atoms with van der Waals surface area (Å²) in [4.78, 5) is 21.4. The summed E-state index contributed by atoms with van der Waals surface area (Å²) in [5.41, 5.74) is 0. The van der Waals surface area contributed by atoms with Gasteiger partial charge in [-0.3, -0.25) is 9.59 Å². The first-order valence-corrected chi connectivity index (χ1v) is 6.57. The first kappa shape index (κ1) is 12.0. The van der Waals surface area contributed by atoms with Crippen LogP contribution in [0.4, 0.5) is 0 Å². The van der Waals surface area contributed by atoms with Crippen molar-refractivity contribution in [2.45, 2.75) is 16.2 Å². The number of allylic oxidation sites excluding steroid dienone is 4. The van der Waals surface area contributed by atoms with Crippen LogP contribution < -0.4 is 0 Å². The Hall–Kier alpha value is -0.0200. The Morgan fingerprint density at radius 3 is 1.65 bits per heavy atom. The maximum absolute atomic E-state index is 12.2. The van der Waals surface area contributed by atoms with E-state index in [1.165, 1.54) is 0 Å². The molecule has 3 aliphatic rings. The normalized spacial score (nSPS) is 48.0. The molecule has 3 aliphatic carbocycles. The second kappa shape index (κ2) is 3.30. The molecule has 0 saturated heterocycles. The fourth-order valence-electron chi connectivity index (χ4n) is 3.01. The van der Waals surface area contributed by atoms with Crippen molar-refractivity contribution >= 4 is 58.0 Å². The second-order valence-electron chi connectivity index (χ2n) is 4.54. The first-order valence-electron chi connectivity index (χ1n) is 5.06. The van der Waals surface area contributed by atoms with Gasteiger partial charge in [-0.25, -0.2) is 0 Å². The van der Waals surface area contributed by atoms with Gasteiger partial charge in [-0.1, -0.05) is 35.4 Å². The number of hydrogen-bond acceptors (Lipinski definition) is 2. The lowest BCUT2D eigenvalue weighted by Crippen LogP contribution is -2.61. The first-order chi connectivity index (χ1) is 7.85. The summed E-state index contributed by atoms with van der Waals surface area (Å²) in [5.74, 6) is -1.61. The van der Waals surface area contributed by atoms with E-state index in [4.69, 9.17) is 46.4 Å². The number of hydrogen-bond donors (Lipinski definition) is 0. The quantitative estimate of drug-likeness (QED) is 0.509. The molecule has 0 unspecified atom stereocenters. The molecule has 2 nitrogen and oxygen atoms in total. The molecule has 0 radical (unpaired) electrons. The van der Waals surface area contributed by atoms with Crippen molar-refractivity contribution in [3.63, 3.8) is 0 Å². The summed E-state index contributed by atoms with van der Waals surface area (Å²) in [6.07, 6.45) is 4.23. The fraction of sp³-hybridized carbons (Fsp3) is 0.455. The van der Waals surface area contributed by atoms with Crippen LogP contribution in [-0.2, 0) is 9.59 Å². The molecule has 3 rings (SSSR count). The SMILES string of the molecule is O=C1C(Cl)=C(Cl)C(=O)[C@]2(Cl)[C@@H]3C=C[C@@H](C3)[C@]12Cl. The molecule has 0 aliphatic heterocycles. The molecular formula is C11H6Cl4O2. The molecule has 0 aromatic heterocycles. The van der Waals surface area contributed by atoms with Crippen LogP contribution in [0.25, 0.3) is 0 Å². The number of Topliss-reactive ketones (excluding diaryl/α,β-unsaturated/α-hetero) is 2. The minimum absolute atomic E-state index is 0.262. The molecule has 1 saturated carbocycles. The Morgan fingerprint density at radius 1 is 0.941 bits per heavy atom. The minimum Gasteiger partial charge on any atom is -0.291 e. The van der Waals surface area contributed by atoms with Crippen LogP contribution in [0, 0.1) is 11.8 Å². The molecule has 0 aromatic rings. The molecule has 17 heavy (non-hydrogen) atoms. The van der Waals surface area contributed by atoms with E-state index in [0.717, 1.165) is 0 Å². The van der Waals surface area contributed by atoms with Crippen LogP contribution in [0.1, 0.15) is 6.42 Å². The maximum Gasteiger partial charge on any atom is 0.199 e. The van der Waals surface area contributed by atoms with Gasteiger partial charge in [-0.05, 0) is 6.42 Å². The molecule has 6 heteroatoms. The van der Waals surface area contributed by atoms with Crippen molar-refractivity contribution in [2.75, 3.05) is 0 Å². The number of ketones is 2. The van der Waals surface area contributed by atoms with Crippen molar-refractivity contribution in [1.82, 2.24) is 0 Å². The zero-order chi connectivity index (χ0) is 12.6. The topological polar surface area (TPSA) is 34.1 Å². The van der Waals surface area contributed by atoms with Crippen LogP contribution in [0.2, 0.25) is 0 Å². The van der Waals surface area contributed by atoms with E-state index in [0.29, 0.717) is 6.42 Å². The number of rotatable bonds is 0. The summed E-state index contributed by atoms with van der Waals surface area (Å²) in [6, 6.07) is 0. The lowest BCUT2D eigenvalue weighted by Gasteiger charge is -2.43. The molecule has 0 aromatic carbocycles. The van der Waals surface area contributed by atoms with Gasteiger partial charge in [0.05, 0.1) is 0 Å². The molecule has 0 amide bonds. The Labute approximate surface area is 118 Å². The van der Waals surface area contributed by atoms with Gasteiger partial charge in [-0.15, -0.1) is 23.2 Å². The lowest BCUT2D eigenvalue weighted by molar-refractivity contribution is -0.127. The van der Waals surface area contributed by atoms with Crippen molar-refractivity contribution in [3.05, 3.63) is 22.2 Å². The third kappa shape index (κ3) is 1.07. The molecule has 0 heterocycles. The highest BCUT2D eigenvalue weighted by molar-refractivity contribution is 6.66. The fourth-order valence-corrected chi connectivity index (χ4v) is 4.55. The highest BCUT2D eigenvalue weighted by Gasteiger charge is 2.74. The molecule has 90 valence electrons. The van der Waals surface area contributed by atoms with Crippen molar-refractivity contribution in [3.8, 4) is 0 Å². The number of carbonyl (C=O) groups is 2. The minimum atomic E-state index is -1.49. The van der Waals surface area contributed by atoms with Crippen molar-refractivity contribution in [1.29, 1.82) is 0 Å². The van der Waals surface area contributed by atoms with Gasteiger partial charge >= 0.3 is 0 Å². The highest BCUT2D eigenvalue weighted by atomic mass is 35.5. The zero-order valence-corrected chi connectivity index (χ0v) is 11.4. The van der Waals surface area contributed by atoms with Gasteiger partial charge < -0.3 is 0 Å². The molecule has 1 fully saturated rings. The van der Waals surface area contributed by atoms with Gasteiger partial charge in [0.15, 0.2) is 11.6 Å². The predicted molar refractivity (Wildman–Crippen MR) is 66.7 cm³/mol. The summed E-state index contributed by atoms with van der Waals surface area (Å²) in [5, 5.41) is -0.604. The number of alkyl halides is 2. The average molecular weight is 312 g/mol. The van der Waals surface area contributed by atoms with Crippen LogP contribution in [-0.4, -0.2) is 21.3 Å². The Kier molecular flexibility index (Phi) is 2.33. The summed E-state index contributed by atoms with van der Waals surface area (Å²) >= 11 is 24.3. The van der Waals surface area contributed by atoms with E-state index in [9.17, 15) is 9.59 Å². The van der Waals surface area contributed by atoms with Gasteiger partial charge in [0.2, 0.25) is 0 Å². The van der Waals surface area contributed by atoms with Crippen LogP contribution in [0.5, 0.6) is 0 Å². The molecule has 4 atom stereocenters. The Balaban J connectivity index is 2.31. The van der Waals surface area contributed by atoms with Gasteiger partial charge in [0, 0.05) is 11.8 Å². The maximum atomic E-state index is 12.2. The van der Waals surface area contributed by atoms with E-state index < -0.39 is 21.3 Å². The van der Waals surface area contributed by atoms with E-state index >= 15 is 0 Å². The third-order valence-corrected chi connectivity index (χ3v) is 6.30. The Bertz CT molecular complexity index is 480. The molecule has 0 spiro atoms. The third-order valence-electron chi connectivity index (χ3n) is 3.89. The largest absolute Gasteiger partial charge is 0.291 e. The van der Waals surface area contributed by atoms with Crippen LogP contribution >= 0.6 is 46.4 Å². The van der Waals surface area contributed by atoms with Crippen LogP contribution in [0.3, 0.4) is 0 Å². The lowest BCUT2D eigenvalue weighted by atomic mass is 9.73. The van der Waals surface area contributed by atoms with Gasteiger partial charge in [-0.2, -0.15) is 0 Å². The van der Waals surface area contributed by atoms with E-state index in [-0.39, 0.29) is 21.9 Å². The Morgan fingerprint density at radius 2 is 1.29 bits per heavy atom. The molecular weight excluding hydrogens is 306 g/mol. The number of carbonyl (C=O) groups excluding carboxylic acids is 2. The van der Waals surface area contributed by atoms with E-state index in [2.05, 4.69) is 0 Å². The van der Waals surface area contributed by atoms with Crippen molar-refractivity contribution < 1.29 is 9.59 Å². The van der Waals surface area contributed by atoms with Crippen molar-refractivity contribution in [2.24, 2.45) is 11.8 Å². The van der Waals surface area contributed by atoms with E-state index in [1.54, 1.807) is 0 Å². The van der Waals surface area contributed by atoms with Gasteiger partial charge in [0.25, 0.3) is 0 Å². The summed E-state index contributed by atoms with van der Waals surface area (Å²) in [7, 11) is 0. The monoisotopic (exact) mass is 310 g/mol. The predicted octanol–water partition coefficient (Wildman–Crippen LogP) is 2.99. The summed E-state index contributed by atoms with van der Waals surface area (Å²) < 4.78 is 0.